The summed E-state index contributed by atoms with van der Waals surface area (Å²) in [7, 11) is -2.17. The lowest BCUT2D eigenvalue weighted by atomic mass is 10.3. The van der Waals surface area contributed by atoms with E-state index in [0.29, 0.717) is 24.5 Å². The second-order valence-corrected chi connectivity index (χ2v) is 6.32. The molecule has 0 bridgehead atoms. The molecule has 102 valence electrons. The summed E-state index contributed by atoms with van der Waals surface area (Å²) in [6.45, 7) is 0.766. The van der Waals surface area contributed by atoms with Crippen molar-refractivity contribution in [2.45, 2.75) is 6.42 Å². The van der Waals surface area contributed by atoms with E-state index in [-0.39, 0.29) is 10.7 Å². The van der Waals surface area contributed by atoms with Crippen LogP contribution in [0.2, 0.25) is 10.0 Å². The lowest BCUT2D eigenvalue weighted by Crippen LogP contribution is -2.34. The third kappa shape index (κ3) is 4.29. The second-order valence-electron chi connectivity index (χ2n) is 3.70. The Balaban J connectivity index is 2.85. The topological polar surface area (TPSA) is 75.4 Å². The largest absolute Gasteiger partial charge is 0.330 e. The van der Waals surface area contributed by atoms with E-state index in [9.17, 15) is 8.42 Å². The molecule has 0 aliphatic carbocycles. The molecule has 0 saturated heterocycles. The Kier molecular flexibility index (Phi) is 5.68. The van der Waals surface area contributed by atoms with E-state index in [1.807, 2.05) is 0 Å². The molecule has 1 aromatic carbocycles. The quantitative estimate of drug-likeness (QED) is 0.843. The SMILES string of the molecule is CN(CCCN)S(=O)(=O)Nc1cc(Cl)ccc1Cl. The van der Waals surface area contributed by atoms with Crippen LogP contribution in [0.25, 0.3) is 0 Å². The van der Waals surface area contributed by atoms with Gasteiger partial charge in [-0.05, 0) is 31.2 Å². The molecule has 0 unspecified atom stereocenters. The van der Waals surface area contributed by atoms with Crippen molar-refractivity contribution in [2.75, 3.05) is 24.9 Å². The summed E-state index contributed by atoms with van der Waals surface area (Å²) in [5, 5.41) is 0.692. The Morgan fingerprint density at radius 3 is 2.67 bits per heavy atom. The van der Waals surface area contributed by atoms with E-state index < -0.39 is 10.2 Å². The first-order chi connectivity index (χ1) is 8.36. The third-order valence-corrected chi connectivity index (χ3v) is 4.30. The number of anilines is 1. The standard InChI is InChI=1S/C10H15Cl2N3O2S/c1-15(6-2-5-13)18(16,17)14-10-7-8(11)3-4-9(10)12/h3-4,7,14H,2,5-6,13H2,1H3. The summed E-state index contributed by atoms with van der Waals surface area (Å²) in [5.41, 5.74) is 5.59. The molecule has 0 aliphatic heterocycles. The van der Waals surface area contributed by atoms with Crippen LogP contribution >= 0.6 is 23.2 Å². The maximum atomic E-state index is 11.9. The fourth-order valence-corrected chi connectivity index (χ4v) is 2.59. The molecule has 0 spiro atoms. The highest BCUT2D eigenvalue weighted by Crippen LogP contribution is 2.26. The van der Waals surface area contributed by atoms with Gasteiger partial charge in [0.05, 0.1) is 10.7 Å². The molecule has 8 heteroatoms. The fourth-order valence-electron chi connectivity index (χ4n) is 1.23. The van der Waals surface area contributed by atoms with Gasteiger partial charge < -0.3 is 5.73 Å². The number of hydrogen-bond donors (Lipinski definition) is 2. The molecule has 0 atom stereocenters. The Bertz CT molecular complexity index is 508. The molecule has 3 N–H and O–H groups in total. The van der Waals surface area contributed by atoms with Crippen LogP contribution in [0.5, 0.6) is 0 Å². The molecular formula is C10H15Cl2N3O2S. The minimum atomic E-state index is -3.64. The van der Waals surface area contributed by atoms with Crippen LogP contribution in [0.3, 0.4) is 0 Å². The molecule has 5 nitrogen and oxygen atoms in total. The number of benzene rings is 1. The van der Waals surface area contributed by atoms with Gasteiger partial charge in [0.15, 0.2) is 0 Å². The first-order valence-corrected chi connectivity index (χ1v) is 7.45. The Morgan fingerprint density at radius 1 is 1.39 bits per heavy atom. The van der Waals surface area contributed by atoms with Gasteiger partial charge in [-0.2, -0.15) is 12.7 Å². The van der Waals surface area contributed by atoms with Gasteiger partial charge in [-0.15, -0.1) is 0 Å². The van der Waals surface area contributed by atoms with Crippen LogP contribution < -0.4 is 10.5 Å². The van der Waals surface area contributed by atoms with E-state index in [0.717, 1.165) is 0 Å². The summed E-state index contributed by atoms with van der Waals surface area (Å²) in [5.74, 6) is 0. The Morgan fingerprint density at radius 2 is 2.06 bits per heavy atom. The number of nitrogens with two attached hydrogens (primary N) is 1. The maximum absolute atomic E-state index is 11.9. The minimum absolute atomic E-state index is 0.253. The van der Waals surface area contributed by atoms with Crippen LogP contribution in [0.15, 0.2) is 18.2 Å². The van der Waals surface area contributed by atoms with Gasteiger partial charge in [-0.25, -0.2) is 0 Å². The van der Waals surface area contributed by atoms with Gasteiger partial charge in [0.2, 0.25) is 0 Å². The molecule has 0 radical (unpaired) electrons. The van der Waals surface area contributed by atoms with Crippen molar-refractivity contribution in [1.29, 1.82) is 0 Å². The van der Waals surface area contributed by atoms with Crippen molar-refractivity contribution in [3.63, 3.8) is 0 Å². The van der Waals surface area contributed by atoms with E-state index in [2.05, 4.69) is 4.72 Å². The van der Waals surface area contributed by atoms with Crippen molar-refractivity contribution in [3.05, 3.63) is 28.2 Å². The monoisotopic (exact) mass is 311 g/mol. The Labute approximate surface area is 117 Å². The third-order valence-electron chi connectivity index (χ3n) is 2.25. The predicted molar refractivity (Wildman–Crippen MR) is 75.3 cm³/mol. The van der Waals surface area contributed by atoms with Crippen LogP contribution in [0, 0.1) is 0 Å². The summed E-state index contributed by atoms with van der Waals surface area (Å²) in [4.78, 5) is 0. The number of hydrogen-bond acceptors (Lipinski definition) is 3. The molecule has 1 rings (SSSR count). The van der Waals surface area contributed by atoms with Crippen molar-refractivity contribution >= 4 is 39.1 Å². The average Bonchev–Trinajstić information content (AvgIpc) is 2.30. The normalized spacial score (nSPS) is 11.8. The van der Waals surface area contributed by atoms with Gasteiger partial charge in [0.1, 0.15) is 0 Å². The summed E-state index contributed by atoms with van der Waals surface area (Å²) < 4.78 is 27.4. The zero-order chi connectivity index (χ0) is 13.8. The van der Waals surface area contributed by atoms with Crippen LogP contribution in [0.4, 0.5) is 5.69 Å². The zero-order valence-corrected chi connectivity index (χ0v) is 12.2. The number of nitrogens with zero attached hydrogens (tertiary/aromatic N) is 1. The van der Waals surface area contributed by atoms with Crippen molar-refractivity contribution in [3.8, 4) is 0 Å². The van der Waals surface area contributed by atoms with E-state index in [1.54, 1.807) is 6.07 Å². The first kappa shape index (κ1) is 15.5. The first-order valence-electron chi connectivity index (χ1n) is 5.26. The molecule has 0 amide bonds. The van der Waals surface area contributed by atoms with Crippen molar-refractivity contribution in [2.24, 2.45) is 5.73 Å². The molecule has 0 saturated carbocycles. The number of halogens is 2. The molecule has 1 aromatic rings. The smallest absolute Gasteiger partial charge is 0.301 e. The van der Waals surface area contributed by atoms with Gasteiger partial charge in [-0.3, -0.25) is 4.72 Å². The van der Waals surface area contributed by atoms with E-state index >= 15 is 0 Å². The lowest BCUT2D eigenvalue weighted by molar-refractivity contribution is 0.468. The van der Waals surface area contributed by atoms with Gasteiger partial charge in [-0.1, -0.05) is 23.2 Å². The van der Waals surface area contributed by atoms with Crippen LogP contribution in [-0.4, -0.2) is 32.9 Å². The summed E-state index contributed by atoms with van der Waals surface area (Å²) >= 11 is 11.7. The molecule has 18 heavy (non-hydrogen) atoms. The fraction of sp³-hybridized carbons (Fsp3) is 0.400. The number of nitrogens with one attached hydrogen (secondary N) is 1. The lowest BCUT2D eigenvalue weighted by Gasteiger charge is -2.18. The Hall–Kier alpha value is -0.530. The second kappa shape index (κ2) is 6.58. The molecule has 0 aromatic heterocycles. The van der Waals surface area contributed by atoms with Gasteiger partial charge >= 0.3 is 10.2 Å². The summed E-state index contributed by atoms with van der Waals surface area (Å²) in [6.07, 6.45) is 0.584. The minimum Gasteiger partial charge on any atom is -0.330 e. The average molecular weight is 312 g/mol. The van der Waals surface area contributed by atoms with Crippen LogP contribution in [-0.2, 0) is 10.2 Å². The van der Waals surface area contributed by atoms with Gasteiger partial charge in [0.25, 0.3) is 0 Å². The molecule has 0 heterocycles. The predicted octanol–water partition coefficient (Wildman–Crippen LogP) is 1.93. The van der Waals surface area contributed by atoms with E-state index in [4.69, 9.17) is 28.9 Å². The highest BCUT2D eigenvalue weighted by atomic mass is 35.5. The van der Waals surface area contributed by atoms with Crippen molar-refractivity contribution < 1.29 is 8.42 Å². The number of rotatable bonds is 6. The summed E-state index contributed by atoms with van der Waals surface area (Å²) in [6, 6.07) is 4.57. The molecule has 0 fully saturated rings. The molecular weight excluding hydrogens is 297 g/mol. The zero-order valence-electron chi connectivity index (χ0n) is 9.86. The van der Waals surface area contributed by atoms with E-state index in [1.165, 1.54) is 23.5 Å². The molecule has 0 aliphatic rings. The van der Waals surface area contributed by atoms with Crippen LogP contribution in [0.1, 0.15) is 6.42 Å². The maximum Gasteiger partial charge on any atom is 0.301 e. The van der Waals surface area contributed by atoms with Gasteiger partial charge in [0, 0.05) is 18.6 Å². The highest BCUT2D eigenvalue weighted by Gasteiger charge is 2.18. The van der Waals surface area contributed by atoms with Crippen molar-refractivity contribution in [1.82, 2.24) is 4.31 Å². The highest BCUT2D eigenvalue weighted by molar-refractivity contribution is 7.90.